The van der Waals surface area contributed by atoms with Crippen molar-refractivity contribution in [3.05, 3.63) is 52.7 Å². The molecule has 3 N–H and O–H groups in total. The fourth-order valence-corrected chi connectivity index (χ4v) is 2.54. The van der Waals surface area contributed by atoms with Crippen LogP contribution >= 0.6 is 11.6 Å². The SMILES string of the molecule is NC(=O)C(Cc1cc(-c2ncccc2Cl)ccc1C(=O)O)C(F)(F)F. The highest BCUT2D eigenvalue weighted by atomic mass is 35.5. The lowest BCUT2D eigenvalue weighted by atomic mass is 9.92. The zero-order valence-corrected chi connectivity index (χ0v) is 13.3. The minimum Gasteiger partial charge on any atom is -0.478 e. The Balaban J connectivity index is 2.54. The second-order valence-corrected chi connectivity index (χ2v) is 5.62. The number of pyridine rings is 1. The molecule has 1 aromatic heterocycles. The molecule has 0 spiro atoms. The van der Waals surface area contributed by atoms with Crippen molar-refractivity contribution < 1.29 is 27.9 Å². The summed E-state index contributed by atoms with van der Waals surface area (Å²) >= 11 is 6.01. The lowest BCUT2D eigenvalue weighted by Gasteiger charge is -2.18. The lowest BCUT2D eigenvalue weighted by molar-refractivity contribution is -0.180. The Morgan fingerprint density at radius 2 is 1.96 bits per heavy atom. The van der Waals surface area contributed by atoms with E-state index in [0.29, 0.717) is 5.56 Å². The van der Waals surface area contributed by atoms with Crippen LogP contribution in [-0.4, -0.2) is 28.1 Å². The Hall–Kier alpha value is -2.61. The summed E-state index contributed by atoms with van der Waals surface area (Å²) in [6, 6.07) is 6.86. The number of aromatic carboxylic acids is 1. The maximum atomic E-state index is 13.0. The number of rotatable bonds is 5. The van der Waals surface area contributed by atoms with Crippen LogP contribution < -0.4 is 5.73 Å². The van der Waals surface area contributed by atoms with Gasteiger partial charge in [0.2, 0.25) is 5.91 Å². The minimum absolute atomic E-state index is 0.187. The van der Waals surface area contributed by atoms with Gasteiger partial charge < -0.3 is 10.8 Å². The highest BCUT2D eigenvalue weighted by Crippen LogP contribution is 2.32. The predicted octanol–water partition coefficient (Wildman–Crippen LogP) is 3.31. The van der Waals surface area contributed by atoms with Gasteiger partial charge in [-0.3, -0.25) is 9.78 Å². The van der Waals surface area contributed by atoms with Gasteiger partial charge in [0, 0.05) is 11.8 Å². The van der Waals surface area contributed by atoms with Gasteiger partial charge in [0.1, 0.15) is 5.92 Å². The number of hydrogen-bond donors (Lipinski definition) is 2. The average Bonchev–Trinajstić information content (AvgIpc) is 2.51. The van der Waals surface area contributed by atoms with E-state index in [4.69, 9.17) is 17.3 Å². The Morgan fingerprint density at radius 3 is 2.48 bits per heavy atom. The Morgan fingerprint density at radius 1 is 1.28 bits per heavy atom. The number of carbonyl (C=O) groups is 2. The van der Waals surface area contributed by atoms with E-state index in [2.05, 4.69) is 4.98 Å². The molecule has 0 aliphatic heterocycles. The molecule has 0 saturated carbocycles. The van der Waals surface area contributed by atoms with Crippen LogP contribution in [0, 0.1) is 5.92 Å². The summed E-state index contributed by atoms with van der Waals surface area (Å²) in [5.74, 6) is -5.50. The molecule has 2 rings (SSSR count). The highest BCUT2D eigenvalue weighted by molar-refractivity contribution is 6.33. The molecule has 1 unspecified atom stereocenters. The first-order valence-corrected chi connectivity index (χ1v) is 7.32. The quantitative estimate of drug-likeness (QED) is 0.842. The number of aromatic nitrogens is 1. The van der Waals surface area contributed by atoms with Gasteiger partial charge in [-0.05, 0) is 36.2 Å². The molecule has 0 saturated heterocycles. The number of hydrogen-bond acceptors (Lipinski definition) is 3. The molecule has 5 nitrogen and oxygen atoms in total. The largest absolute Gasteiger partial charge is 0.478 e. The van der Waals surface area contributed by atoms with E-state index in [1.54, 1.807) is 6.07 Å². The summed E-state index contributed by atoms with van der Waals surface area (Å²) in [5, 5.41) is 9.45. The van der Waals surface area contributed by atoms with Crippen molar-refractivity contribution in [3.8, 4) is 11.3 Å². The average molecular weight is 373 g/mol. The van der Waals surface area contributed by atoms with Crippen LogP contribution in [0.3, 0.4) is 0 Å². The summed E-state index contributed by atoms with van der Waals surface area (Å²) in [6.45, 7) is 0. The van der Waals surface area contributed by atoms with Crippen molar-refractivity contribution in [2.75, 3.05) is 0 Å². The maximum absolute atomic E-state index is 13.0. The van der Waals surface area contributed by atoms with Crippen LogP contribution in [0.1, 0.15) is 15.9 Å². The maximum Gasteiger partial charge on any atom is 0.400 e. The third kappa shape index (κ3) is 4.27. The topological polar surface area (TPSA) is 93.3 Å². The van der Waals surface area contributed by atoms with Gasteiger partial charge in [0.25, 0.3) is 0 Å². The van der Waals surface area contributed by atoms with E-state index < -0.39 is 30.4 Å². The monoisotopic (exact) mass is 372 g/mol. The standard InChI is InChI=1S/C16H12ClF3N2O3/c17-12-2-1-5-22-13(12)8-3-4-10(15(24)25)9(6-8)7-11(14(21)23)16(18,19)20/h1-6,11H,7H2,(H2,21,23)(H,24,25). The van der Waals surface area contributed by atoms with Crippen molar-refractivity contribution in [2.45, 2.75) is 12.6 Å². The van der Waals surface area contributed by atoms with E-state index in [1.807, 2.05) is 0 Å². The molecule has 9 heteroatoms. The Bertz CT molecular complexity index is 825. The van der Waals surface area contributed by atoms with E-state index >= 15 is 0 Å². The van der Waals surface area contributed by atoms with Gasteiger partial charge in [-0.25, -0.2) is 4.79 Å². The predicted molar refractivity (Wildman–Crippen MR) is 84.1 cm³/mol. The van der Waals surface area contributed by atoms with Gasteiger partial charge >= 0.3 is 12.1 Å². The summed E-state index contributed by atoms with van der Waals surface area (Å²) < 4.78 is 39.0. The number of primary amides is 1. The number of carbonyl (C=O) groups excluding carboxylic acids is 1. The van der Waals surface area contributed by atoms with E-state index in [-0.39, 0.29) is 21.8 Å². The molecule has 0 bridgehead atoms. The smallest absolute Gasteiger partial charge is 0.400 e. The summed E-state index contributed by atoms with van der Waals surface area (Å²) in [5.41, 5.74) is 4.90. The van der Waals surface area contributed by atoms with Crippen LogP contribution in [0.4, 0.5) is 13.2 Å². The van der Waals surface area contributed by atoms with Gasteiger partial charge in [-0.1, -0.05) is 17.7 Å². The number of benzene rings is 1. The number of carboxylic acid groups (broad SMARTS) is 1. The molecule has 1 amide bonds. The number of nitrogens with zero attached hydrogens (tertiary/aromatic N) is 1. The molecular formula is C16H12ClF3N2O3. The van der Waals surface area contributed by atoms with Crippen LogP contribution in [-0.2, 0) is 11.2 Å². The summed E-state index contributed by atoms with van der Waals surface area (Å²) in [7, 11) is 0. The van der Waals surface area contributed by atoms with E-state index in [0.717, 1.165) is 6.07 Å². The van der Waals surface area contributed by atoms with Crippen molar-refractivity contribution in [1.82, 2.24) is 4.98 Å². The van der Waals surface area contributed by atoms with Gasteiger partial charge in [-0.2, -0.15) is 13.2 Å². The number of halogens is 4. The molecular weight excluding hydrogens is 361 g/mol. The number of carboxylic acids is 1. The van der Waals surface area contributed by atoms with E-state index in [1.165, 1.54) is 24.4 Å². The van der Waals surface area contributed by atoms with Gasteiger partial charge in [0.15, 0.2) is 0 Å². The number of alkyl halides is 3. The summed E-state index contributed by atoms with van der Waals surface area (Å²) in [6.07, 6.45) is -4.34. The normalized spacial score (nSPS) is 12.6. The summed E-state index contributed by atoms with van der Waals surface area (Å²) in [4.78, 5) is 26.5. The zero-order valence-electron chi connectivity index (χ0n) is 12.5. The molecule has 0 aliphatic rings. The van der Waals surface area contributed by atoms with Crippen molar-refractivity contribution >= 4 is 23.5 Å². The van der Waals surface area contributed by atoms with Crippen LogP contribution in [0.25, 0.3) is 11.3 Å². The van der Waals surface area contributed by atoms with Gasteiger partial charge in [0.05, 0.1) is 16.3 Å². The molecule has 2 aromatic rings. The van der Waals surface area contributed by atoms with Crippen molar-refractivity contribution in [3.63, 3.8) is 0 Å². The van der Waals surface area contributed by atoms with Crippen LogP contribution in [0.15, 0.2) is 36.5 Å². The van der Waals surface area contributed by atoms with E-state index in [9.17, 15) is 27.9 Å². The van der Waals surface area contributed by atoms with Crippen LogP contribution in [0.2, 0.25) is 5.02 Å². The number of amides is 1. The van der Waals surface area contributed by atoms with Crippen LogP contribution in [0.5, 0.6) is 0 Å². The molecule has 1 atom stereocenters. The van der Waals surface area contributed by atoms with Crippen molar-refractivity contribution in [1.29, 1.82) is 0 Å². The second-order valence-electron chi connectivity index (χ2n) is 5.21. The molecule has 25 heavy (non-hydrogen) atoms. The minimum atomic E-state index is -4.89. The number of nitrogens with two attached hydrogens (primary N) is 1. The lowest BCUT2D eigenvalue weighted by Crippen LogP contribution is -2.37. The zero-order chi connectivity index (χ0) is 18.8. The third-order valence-electron chi connectivity index (χ3n) is 3.53. The molecule has 0 fully saturated rings. The van der Waals surface area contributed by atoms with Crippen molar-refractivity contribution in [2.24, 2.45) is 11.7 Å². The Kier molecular flexibility index (Phi) is 5.32. The molecule has 1 aromatic carbocycles. The Labute approximate surface area is 145 Å². The fraction of sp³-hybridized carbons (Fsp3) is 0.188. The first-order valence-electron chi connectivity index (χ1n) is 6.94. The second kappa shape index (κ2) is 7.10. The first-order chi connectivity index (χ1) is 11.6. The molecule has 1 heterocycles. The molecule has 0 aliphatic carbocycles. The third-order valence-corrected chi connectivity index (χ3v) is 3.84. The fourth-order valence-electron chi connectivity index (χ4n) is 2.31. The highest BCUT2D eigenvalue weighted by Gasteiger charge is 2.44. The first kappa shape index (κ1) is 18.7. The molecule has 132 valence electrons. The molecule has 0 radical (unpaired) electrons. The van der Waals surface area contributed by atoms with Gasteiger partial charge in [-0.15, -0.1) is 0 Å².